The fourth-order valence-electron chi connectivity index (χ4n) is 2.79. The van der Waals surface area contributed by atoms with Crippen LogP contribution in [0.4, 0.5) is 13.2 Å². The first kappa shape index (κ1) is 20.4. The molecule has 2 atom stereocenters. The minimum absolute atomic E-state index is 0.0142. The molecule has 0 saturated carbocycles. The average Bonchev–Trinajstić information content (AvgIpc) is 2.59. The van der Waals surface area contributed by atoms with Crippen molar-refractivity contribution in [2.24, 2.45) is 0 Å². The second kappa shape index (κ2) is 8.62. The monoisotopic (exact) mass is 375 g/mol. The van der Waals surface area contributed by atoms with Crippen molar-refractivity contribution in [3.63, 3.8) is 0 Å². The molecule has 1 aromatic rings. The SMILES string of the molecule is COc1cc(CCC(=O)N2C[C@@H](C)OC[C@H]2C)ccc1OCC(F)(F)F. The van der Waals surface area contributed by atoms with Gasteiger partial charge >= 0.3 is 6.18 Å². The van der Waals surface area contributed by atoms with E-state index >= 15 is 0 Å². The van der Waals surface area contributed by atoms with Crippen LogP contribution in [-0.2, 0) is 16.0 Å². The molecule has 0 bridgehead atoms. The minimum atomic E-state index is -4.41. The molecule has 146 valence electrons. The molecule has 0 aromatic heterocycles. The van der Waals surface area contributed by atoms with Gasteiger partial charge in [-0.2, -0.15) is 13.2 Å². The third-order valence-electron chi connectivity index (χ3n) is 4.18. The highest BCUT2D eigenvalue weighted by Crippen LogP contribution is 2.30. The van der Waals surface area contributed by atoms with Crippen LogP contribution in [0.1, 0.15) is 25.8 Å². The van der Waals surface area contributed by atoms with Gasteiger partial charge in [-0.25, -0.2) is 0 Å². The topological polar surface area (TPSA) is 48.0 Å². The molecule has 1 fully saturated rings. The molecule has 8 heteroatoms. The first-order valence-corrected chi connectivity index (χ1v) is 8.47. The van der Waals surface area contributed by atoms with Crippen molar-refractivity contribution in [3.05, 3.63) is 23.8 Å². The fourth-order valence-corrected chi connectivity index (χ4v) is 2.79. The summed E-state index contributed by atoms with van der Waals surface area (Å²) in [5.74, 6) is 0.270. The number of methoxy groups -OCH3 is 1. The molecule has 1 aliphatic rings. The van der Waals surface area contributed by atoms with Gasteiger partial charge in [-0.3, -0.25) is 4.79 Å². The second-order valence-corrected chi connectivity index (χ2v) is 6.43. The first-order valence-electron chi connectivity index (χ1n) is 8.47. The maximum absolute atomic E-state index is 12.5. The standard InChI is InChI=1S/C18H24F3NO4/c1-12-10-25-13(2)9-22(12)17(23)7-5-14-4-6-15(16(8-14)24-3)26-11-18(19,20)21/h4,6,8,12-13H,5,7,9-11H2,1-3H3/t12-,13-/m1/s1. The number of nitrogens with zero attached hydrogens (tertiary/aromatic N) is 1. The van der Waals surface area contributed by atoms with E-state index in [9.17, 15) is 18.0 Å². The number of halogens is 3. The van der Waals surface area contributed by atoms with Gasteiger partial charge in [0.25, 0.3) is 0 Å². The Labute approximate surface area is 151 Å². The summed E-state index contributed by atoms with van der Waals surface area (Å²) in [6, 6.07) is 4.72. The van der Waals surface area contributed by atoms with Crippen LogP contribution in [-0.4, -0.2) is 56.0 Å². The van der Waals surface area contributed by atoms with E-state index < -0.39 is 12.8 Å². The Kier molecular flexibility index (Phi) is 6.75. The molecule has 0 radical (unpaired) electrons. The molecule has 1 aromatic carbocycles. The Morgan fingerprint density at radius 1 is 1.31 bits per heavy atom. The lowest BCUT2D eigenvalue weighted by molar-refractivity contribution is -0.153. The number of alkyl halides is 3. The second-order valence-electron chi connectivity index (χ2n) is 6.43. The zero-order valence-corrected chi connectivity index (χ0v) is 15.1. The van der Waals surface area contributed by atoms with Gasteiger partial charge in [0, 0.05) is 13.0 Å². The number of carbonyl (C=O) groups is 1. The van der Waals surface area contributed by atoms with Crippen LogP contribution < -0.4 is 9.47 Å². The summed E-state index contributed by atoms with van der Waals surface area (Å²) >= 11 is 0. The summed E-state index contributed by atoms with van der Waals surface area (Å²) in [5.41, 5.74) is 0.795. The number of morpholine rings is 1. The Morgan fingerprint density at radius 2 is 2.04 bits per heavy atom. The molecule has 1 amide bonds. The molecule has 26 heavy (non-hydrogen) atoms. The number of rotatable bonds is 6. The summed E-state index contributed by atoms with van der Waals surface area (Å²) in [4.78, 5) is 14.3. The van der Waals surface area contributed by atoms with Crippen molar-refractivity contribution in [1.29, 1.82) is 0 Å². The van der Waals surface area contributed by atoms with E-state index in [1.807, 2.05) is 18.7 Å². The van der Waals surface area contributed by atoms with Crippen LogP contribution >= 0.6 is 0 Å². The van der Waals surface area contributed by atoms with E-state index in [1.165, 1.54) is 13.2 Å². The number of ether oxygens (including phenoxy) is 3. The number of carbonyl (C=O) groups excluding carboxylic acids is 1. The minimum Gasteiger partial charge on any atom is -0.493 e. The van der Waals surface area contributed by atoms with Crippen LogP contribution in [0, 0.1) is 0 Å². The van der Waals surface area contributed by atoms with Gasteiger partial charge < -0.3 is 19.1 Å². The Balaban J connectivity index is 1.95. The van der Waals surface area contributed by atoms with E-state index in [1.54, 1.807) is 12.1 Å². The van der Waals surface area contributed by atoms with Gasteiger partial charge in [0.1, 0.15) is 0 Å². The smallest absolute Gasteiger partial charge is 0.422 e. The summed E-state index contributed by atoms with van der Waals surface area (Å²) in [6.07, 6.45) is -3.63. The maximum Gasteiger partial charge on any atom is 0.422 e. The highest BCUT2D eigenvalue weighted by molar-refractivity contribution is 5.77. The summed E-state index contributed by atoms with van der Waals surface area (Å²) < 4.78 is 52.2. The number of hydrogen-bond donors (Lipinski definition) is 0. The molecule has 1 saturated heterocycles. The lowest BCUT2D eigenvalue weighted by atomic mass is 10.1. The fraction of sp³-hybridized carbons (Fsp3) is 0.611. The molecular weight excluding hydrogens is 351 g/mol. The van der Waals surface area contributed by atoms with Crippen molar-refractivity contribution in [2.75, 3.05) is 26.9 Å². The number of benzene rings is 1. The lowest BCUT2D eigenvalue weighted by Crippen LogP contribution is -2.50. The van der Waals surface area contributed by atoms with E-state index in [0.717, 1.165) is 5.56 Å². The molecule has 5 nitrogen and oxygen atoms in total. The van der Waals surface area contributed by atoms with E-state index in [-0.39, 0.29) is 29.6 Å². The van der Waals surface area contributed by atoms with Crippen molar-refractivity contribution in [2.45, 2.75) is 45.0 Å². The molecule has 2 rings (SSSR count). The van der Waals surface area contributed by atoms with Gasteiger partial charge in [0.05, 0.1) is 25.9 Å². The molecule has 0 unspecified atom stereocenters. The van der Waals surface area contributed by atoms with Gasteiger partial charge in [-0.05, 0) is 38.0 Å². The van der Waals surface area contributed by atoms with Crippen LogP contribution in [0.2, 0.25) is 0 Å². The average molecular weight is 375 g/mol. The van der Waals surface area contributed by atoms with Crippen LogP contribution in [0.3, 0.4) is 0 Å². The summed E-state index contributed by atoms with van der Waals surface area (Å²) in [6.45, 7) is 3.57. The molecule has 0 N–H and O–H groups in total. The van der Waals surface area contributed by atoms with Crippen molar-refractivity contribution < 1.29 is 32.2 Å². The first-order chi connectivity index (χ1) is 12.2. The number of amides is 1. The third kappa shape index (κ3) is 5.79. The van der Waals surface area contributed by atoms with Crippen molar-refractivity contribution in [3.8, 4) is 11.5 Å². The molecule has 1 heterocycles. The van der Waals surface area contributed by atoms with E-state index in [2.05, 4.69) is 0 Å². The number of hydrogen-bond acceptors (Lipinski definition) is 4. The molecule has 1 aliphatic heterocycles. The molecule has 0 aliphatic carbocycles. The highest BCUT2D eigenvalue weighted by atomic mass is 19.4. The normalized spacial score (nSPS) is 20.8. The van der Waals surface area contributed by atoms with Gasteiger partial charge in [-0.1, -0.05) is 6.07 Å². The predicted octanol–water partition coefficient (Wildman–Crippen LogP) is 3.20. The predicted molar refractivity (Wildman–Crippen MR) is 89.5 cm³/mol. The molecular formula is C18H24F3NO4. The largest absolute Gasteiger partial charge is 0.493 e. The quantitative estimate of drug-likeness (QED) is 0.766. The molecule has 0 spiro atoms. The van der Waals surface area contributed by atoms with Crippen LogP contribution in [0.15, 0.2) is 18.2 Å². The number of aryl methyl sites for hydroxylation is 1. The highest BCUT2D eigenvalue weighted by Gasteiger charge is 2.29. The van der Waals surface area contributed by atoms with Crippen LogP contribution in [0.5, 0.6) is 11.5 Å². The van der Waals surface area contributed by atoms with Gasteiger partial charge in [0.15, 0.2) is 18.1 Å². The van der Waals surface area contributed by atoms with E-state index in [4.69, 9.17) is 14.2 Å². The van der Waals surface area contributed by atoms with Crippen LogP contribution in [0.25, 0.3) is 0 Å². The zero-order valence-electron chi connectivity index (χ0n) is 15.1. The van der Waals surface area contributed by atoms with Gasteiger partial charge in [-0.15, -0.1) is 0 Å². The Bertz CT molecular complexity index is 621. The summed E-state index contributed by atoms with van der Waals surface area (Å²) in [7, 11) is 1.36. The van der Waals surface area contributed by atoms with E-state index in [0.29, 0.717) is 26.0 Å². The maximum atomic E-state index is 12.5. The Morgan fingerprint density at radius 3 is 2.69 bits per heavy atom. The third-order valence-corrected chi connectivity index (χ3v) is 4.18. The Hall–Kier alpha value is -1.96. The van der Waals surface area contributed by atoms with Gasteiger partial charge in [0.2, 0.25) is 5.91 Å². The lowest BCUT2D eigenvalue weighted by Gasteiger charge is -2.37. The van der Waals surface area contributed by atoms with Crippen molar-refractivity contribution in [1.82, 2.24) is 4.90 Å². The van der Waals surface area contributed by atoms with Crippen molar-refractivity contribution >= 4 is 5.91 Å². The zero-order chi connectivity index (χ0) is 19.3. The summed E-state index contributed by atoms with van der Waals surface area (Å²) in [5, 5.41) is 0.